The van der Waals surface area contributed by atoms with Crippen molar-refractivity contribution in [3.8, 4) is 0 Å². The predicted octanol–water partition coefficient (Wildman–Crippen LogP) is 3.46. The predicted molar refractivity (Wildman–Crippen MR) is 90.1 cm³/mol. The van der Waals surface area contributed by atoms with Crippen LogP contribution in [0.25, 0.3) is 0 Å². The molecule has 3 nitrogen and oxygen atoms in total. The van der Waals surface area contributed by atoms with Gasteiger partial charge < -0.3 is 0 Å². The zero-order chi connectivity index (χ0) is 15.5. The van der Waals surface area contributed by atoms with E-state index in [9.17, 15) is 0 Å². The van der Waals surface area contributed by atoms with Crippen LogP contribution in [0.4, 0.5) is 0 Å². The maximum absolute atomic E-state index is 5.95. The Balaban J connectivity index is 2.26. The Labute approximate surface area is 129 Å². The smallest absolute Gasteiger partial charge is 0.0638 e. The van der Waals surface area contributed by atoms with Crippen molar-refractivity contribution in [2.45, 2.75) is 65.0 Å². The van der Waals surface area contributed by atoms with E-state index in [0.717, 1.165) is 0 Å². The molecule has 1 saturated heterocycles. The van der Waals surface area contributed by atoms with Crippen LogP contribution in [0, 0.1) is 13.8 Å². The van der Waals surface area contributed by atoms with Gasteiger partial charge in [-0.05, 0) is 70.3 Å². The quantitative estimate of drug-likeness (QED) is 0.659. The van der Waals surface area contributed by atoms with Crippen molar-refractivity contribution < 1.29 is 0 Å². The fraction of sp³-hybridized carbons (Fsp3) is 0.667. The molecule has 0 saturated carbocycles. The third kappa shape index (κ3) is 3.65. The molecule has 118 valence electrons. The van der Waals surface area contributed by atoms with Gasteiger partial charge in [-0.15, -0.1) is 0 Å². The Morgan fingerprint density at radius 3 is 2.19 bits per heavy atom. The molecular weight excluding hydrogens is 258 g/mol. The average molecular weight is 289 g/mol. The van der Waals surface area contributed by atoms with E-state index in [1.54, 1.807) is 0 Å². The maximum atomic E-state index is 5.95. The number of likely N-dealkylation sites (tertiary alicyclic amines) is 1. The highest BCUT2D eigenvalue weighted by Crippen LogP contribution is 2.33. The zero-order valence-corrected chi connectivity index (χ0v) is 14.1. The van der Waals surface area contributed by atoms with Crippen molar-refractivity contribution in [3.63, 3.8) is 0 Å². The first kappa shape index (κ1) is 16.5. The van der Waals surface area contributed by atoms with E-state index >= 15 is 0 Å². The monoisotopic (exact) mass is 289 g/mol. The summed E-state index contributed by atoms with van der Waals surface area (Å²) in [4.78, 5) is 2.61. The molecule has 0 bridgehead atoms. The highest BCUT2D eigenvalue weighted by Gasteiger charge is 2.36. The molecule has 21 heavy (non-hydrogen) atoms. The van der Waals surface area contributed by atoms with Crippen molar-refractivity contribution in [3.05, 3.63) is 34.9 Å². The molecule has 3 N–H and O–H groups in total. The van der Waals surface area contributed by atoms with Gasteiger partial charge in [-0.2, -0.15) is 0 Å². The van der Waals surface area contributed by atoms with Gasteiger partial charge in [0.2, 0.25) is 0 Å². The summed E-state index contributed by atoms with van der Waals surface area (Å²) in [7, 11) is 0. The molecule has 1 aromatic rings. The van der Waals surface area contributed by atoms with Crippen LogP contribution in [0.3, 0.4) is 0 Å². The number of benzene rings is 1. The molecule has 0 spiro atoms. The normalized spacial score (nSPS) is 19.3. The number of nitrogens with zero attached hydrogens (tertiary/aromatic N) is 1. The van der Waals surface area contributed by atoms with E-state index in [1.807, 2.05) is 0 Å². The molecule has 1 unspecified atom stereocenters. The van der Waals surface area contributed by atoms with Crippen LogP contribution in [-0.2, 0) is 0 Å². The van der Waals surface area contributed by atoms with Gasteiger partial charge in [-0.1, -0.05) is 31.0 Å². The van der Waals surface area contributed by atoms with Crippen molar-refractivity contribution >= 4 is 0 Å². The molecule has 1 fully saturated rings. The number of hydrazine groups is 1. The molecule has 0 amide bonds. The van der Waals surface area contributed by atoms with E-state index in [1.165, 1.54) is 55.5 Å². The van der Waals surface area contributed by atoms with Crippen LogP contribution in [0.2, 0.25) is 0 Å². The van der Waals surface area contributed by atoms with Crippen LogP contribution in [0.5, 0.6) is 0 Å². The average Bonchev–Trinajstić information content (AvgIpc) is 2.73. The molecule has 0 radical (unpaired) electrons. The number of nitrogens with one attached hydrogen (secondary N) is 1. The van der Waals surface area contributed by atoms with E-state index in [4.69, 9.17) is 5.84 Å². The molecule has 1 aromatic carbocycles. The highest BCUT2D eigenvalue weighted by molar-refractivity contribution is 5.33. The van der Waals surface area contributed by atoms with Crippen LogP contribution in [0.15, 0.2) is 18.2 Å². The van der Waals surface area contributed by atoms with Gasteiger partial charge in [0.05, 0.1) is 6.04 Å². The molecule has 1 heterocycles. The Kier molecular flexibility index (Phi) is 5.42. The Hall–Kier alpha value is -0.900. The van der Waals surface area contributed by atoms with Crippen LogP contribution in [-0.4, -0.2) is 23.5 Å². The lowest BCUT2D eigenvalue weighted by Crippen LogP contribution is -2.54. The van der Waals surface area contributed by atoms with Gasteiger partial charge in [0.1, 0.15) is 0 Å². The Morgan fingerprint density at radius 1 is 1.05 bits per heavy atom. The summed E-state index contributed by atoms with van der Waals surface area (Å²) < 4.78 is 0. The summed E-state index contributed by atoms with van der Waals surface area (Å²) in [5, 5.41) is 0. The van der Waals surface area contributed by atoms with Crippen LogP contribution >= 0.6 is 0 Å². The van der Waals surface area contributed by atoms with E-state index < -0.39 is 0 Å². The van der Waals surface area contributed by atoms with Gasteiger partial charge in [0, 0.05) is 5.54 Å². The second kappa shape index (κ2) is 6.91. The molecule has 1 aliphatic rings. The SMILES string of the molecule is Cc1ccc(C(NN)C(C)(C)N2CCCCCC2)cc1C. The van der Waals surface area contributed by atoms with E-state index in [-0.39, 0.29) is 11.6 Å². The molecule has 3 heteroatoms. The Bertz CT molecular complexity index is 460. The molecular formula is C18H31N3. The fourth-order valence-corrected chi connectivity index (χ4v) is 3.48. The lowest BCUT2D eigenvalue weighted by Gasteiger charge is -2.44. The van der Waals surface area contributed by atoms with E-state index in [2.05, 4.69) is 56.2 Å². The second-order valence-corrected chi connectivity index (χ2v) is 7.00. The molecule has 1 atom stereocenters. The number of aryl methyl sites for hydroxylation is 2. The van der Waals surface area contributed by atoms with Gasteiger partial charge >= 0.3 is 0 Å². The summed E-state index contributed by atoms with van der Waals surface area (Å²) in [5.74, 6) is 5.95. The standard InChI is InChI=1S/C18H31N3/c1-14-9-10-16(13-15(14)2)17(20-19)18(3,4)21-11-7-5-6-8-12-21/h9-10,13,17,20H,5-8,11-12,19H2,1-4H3. The first-order valence-electron chi connectivity index (χ1n) is 8.25. The summed E-state index contributed by atoms with van der Waals surface area (Å²) in [5.41, 5.74) is 7.05. The number of rotatable bonds is 4. The number of hydrogen-bond acceptors (Lipinski definition) is 3. The maximum Gasteiger partial charge on any atom is 0.0638 e. The number of hydrogen-bond donors (Lipinski definition) is 2. The lowest BCUT2D eigenvalue weighted by molar-refractivity contribution is 0.0834. The largest absolute Gasteiger partial charge is 0.296 e. The van der Waals surface area contributed by atoms with Gasteiger partial charge in [0.25, 0.3) is 0 Å². The third-order valence-corrected chi connectivity index (χ3v) is 5.16. The highest BCUT2D eigenvalue weighted by atomic mass is 15.3. The van der Waals surface area contributed by atoms with Gasteiger partial charge in [-0.25, -0.2) is 0 Å². The summed E-state index contributed by atoms with van der Waals surface area (Å²) >= 11 is 0. The molecule has 0 aromatic heterocycles. The molecule has 0 aliphatic carbocycles. The van der Waals surface area contributed by atoms with Crippen molar-refractivity contribution in [2.75, 3.05) is 13.1 Å². The topological polar surface area (TPSA) is 41.3 Å². The minimum Gasteiger partial charge on any atom is -0.296 e. The molecule has 1 aliphatic heterocycles. The van der Waals surface area contributed by atoms with E-state index in [0.29, 0.717) is 0 Å². The summed E-state index contributed by atoms with van der Waals surface area (Å²) in [6.07, 6.45) is 5.31. The van der Waals surface area contributed by atoms with Gasteiger partial charge in [-0.3, -0.25) is 16.2 Å². The minimum atomic E-state index is 0.0147. The summed E-state index contributed by atoms with van der Waals surface area (Å²) in [6.45, 7) is 11.3. The fourth-order valence-electron chi connectivity index (χ4n) is 3.48. The summed E-state index contributed by atoms with van der Waals surface area (Å²) in [6, 6.07) is 6.84. The van der Waals surface area contributed by atoms with Gasteiger partial charge in [0.15, 0.2) is 0 Å². The number of nitrogens with two attached hydrogens (primary N) is 1. The first-order valence-corrected chi connectivity index (χ1v) is 8.25. The van der Waals surface area contributed by atoms with Crippen LogP contribution in [0.1, 0.15) is 62.3 Å². The van der Waals surface area contributed by atoms with Crippen molar-refractivity contribution in [1.82, 2.24) is 10.3 Å². The Morgan fingerprint density at radius 2 is 1.67 bits per heavy atom. The van der Waals surface area contributed by atoms with Crippen molar-refractivity contribution in [2.24, 2.45) is 5.84 Å². The lowest BCUT2D eigenvalue weighted by atomic mass is 9.86. The third-order valence-electron chi connectivity index (χ3n) is 5.16. The van der Waals surface area contributed by atoms with Crippen molar-refractivity contribution in [1.29, 1.82) is 0 Å². The first-order chi connectivity index (χ1) is 9.96. The second-order valence-electron chi connectivity index (χ2n) is 7.00. The minimum absolute atomic E-state index is 0.0147. The molecule has 2 rings (SSSR count). The van der Waals surface area contributed by atoms with Crippen LogP contribution < -0.4 is 11.3 Å². The zero-order valence-electron chi connectivity index (χ0n) is 14.1.